The Balaban J connectivity index is 2.18. The fourth-order valence-electron chi connectivity index (χ4n) is 2.84. The first-order chi connectivity index (χ1) is 10.8. The van der Waals surface area contributed by atoms with Crippen LogP contribution in [0.25, 0.3) is 0 Å². The van der Waals surface area contributed by atoms with Crippen molar-refractivity contribution in [3.63, 3.8) is 0 Å². The molecule has 0 spiro atoms. The van der Waals surface area contributed by atoms with Crippen molar-refractivity contribution in [2.75, 3.05) is 11.5 Å². The Kier molecular flexibility index (Phi) is 7.95. The molecule has 1 aromatic heterocycles. The average molecular weight is 316 g/mol. The van der Waals surface area contributed by atoms with E-state index in [1.807, 2.05) is 0 Å². The van der Waals surface area contributed by atoms with Gasteiger partial charge in [-0.25, -0.2) is 4.98 Å². The predicted octanol–water partition coefficient (Wildman–Crippen LogP) is 4.94. The molecule has 3 nitrogen and oxygen atoms in total. The van der Waals surface area contributed by atoms with E-state index in [1.54, 1.807) is 6.07 Å². The molecule has 0 aliphatic heterocycles. The maximum Gasteiger partial charge on any atom is 0.130 e. The summed E-state index contributed by atoms with van der Waals surface area (Å²) < 4.78 is 0. The zero-order valence-corrected chi connectivity index (χ0v) is 15.1. The lowest BCUT2D eigenvalue weighted by Gasteiger charge is -2.17. The molecule has 0 atom stereocenters. The van der Waals surface area contributed by atoms with Gasteiger partial charge in [-0.05, 0) is 30.7 Å². The zero-order chi connectivity index (χ0) is 17.3. The second-order valence-electron chi connectivity index (χ2n) is 7.64. The lowest BCUT2D eigenvalue weighted by molar-refractivity contribution is 0.356. The molecule has 3 heteroatoms. The maximum atomic E-state index is 5.94. The smallest absolute Gasteiger partial charge is 0.130 e. The highest BCUT2D eigenvalue weighted by atomic mass is 14.9. The number of hydrogen-bond donors (Lipinski definition) is 2. The van der Waals surface area contributed by atoms with Gasteiger partial charge in [0.15, 0.2) is 0 Å². The number of pyridine rings is 1. The Morgan fingerprint density at radius 1 is 1.00 bits per heavy atom. The van der Waals surface area contributed by atoms with Crippen LogP contribution in [-0.4, -0.2) is 4.98 Å². The van der Waals surface area contributed by atoms with Gasteiger partial charge in [0, 0.05) is 11.1 Å². The van der Waals surface area contributed by atoms with E-state index >= 15 is 0 Å². The van der Waals surface area contributed by atoms with Gasteiger partial charge in [-0.15, -0.1) is 6.42 Å². The van der Waals surface area contributed by atoms with Gasteiger partial charge in [-0.3, -0.25) is 0 Å². The standard InChI is InChI=1S/C20H33N3/c1-5-16-15-18(21)23-19(22)17(16)13-11-9-7-6-8-10-12-14-20(2,3)4/h1,15H,6-14H2,2-4H3,(H4,21,22,23). The minimum Gasteiger partial charge on any atom is -0.384 e. The van der Waals surface area contributed by atoms with Gasteiger partial charge in [0.05, 0.1) is 0 Å². The fourth-order valence-corrected chi connectivity index (χ4v) is 2.84. The Hall–Kier alpha value is -1.69. The number of terminal acetylenes is 1. The molecule has 0 amide bonds. The van der Waals surface area contributed by atoms with Crippen LogP contribution in [0.4, 0.5) is 11.6 Å². The van der Waals surface area contributed by atoms with Crippen LogP contribution >= 0.6 is 0 Å². The first kappa shape index (κ1) is 19.4. The molecule has 128 valence electrons. The Labute approximate surface area is 142 Å². The second kappa shape index (κ2) is 9.45. The van der Waals surface area contributed by atoms with E-state index in [0.29, 0.717) is 17.1 Å². The monoisotopic (exact) mass is 315 g/mol. The molecule has 0 fully saturated rings. The molecule has 4 N–H and O–H groups in total. The molecular formula is C20H33N3. The molecule has 0 aliphatic rings. The number of nitrogen functional groups attached to an aromatic ring is 2. The van der Waals surface area contributed by atoms with E-state index in [2.05, 4.69) is 31.7 Å². The molecule has 0 saturated heterocycles. The van der Waals surface area contributed by atoms with Gasteiger partial charge in [0.1, 0.15) is 11.6 Å². The molecule has 0 radical (unpaired) electrons. The van der Waals surface area contributed by atoms with E-state index in [9.17, 15) is 0 Å². The largest absolute Gasteiger partial charge is 0.384 e. The average Bonchev–Trinajstić information content (AvgIpc) is 2.45. The summed E-state index contributed by atoms with van der Waals surface area (Å²) in [4.78, 5) is 4.11. The Morgan fingerprint density at radius 3 is 2.13 bits per heavy atom. The predicted molar refractivity (Wildman–Crippen MR) is 101 cm³/mol. The van der Waals surface area contributed by atoms with Crippen molar-refractivity contribution in [1.82, 2.24) is 4.98 Å². The minimum absolute atomic E-state index is 0.398. The van der Waals surface area contributed by atoms with E-state index in [0.717, 1.165) is 24.0 Å². The normalized spacial score (nSPS) is 11.4. The molecule has 0 saturated carbocycles. The molecule has 1 rings (SSSR count). The summed E-state index contributed by atoms with van der Waals surface area (Å²) in [6, 6.07) is 1.74. The number of aromatic nitrogens is 1. The summed E-state index contributed by atoms with van der Waals surface area (Å²) in [6.07, 6.45) is 16.7. The van der Waals surface area contributed by atoms with Crippen molar-refractivity contribution in [2.24, 2.45) is 5.41 Å². The molecular weight excluding hydrogens is 282 g/mol. The lowest BCUT2D eigenvalue weighted by atomic mass is 9.89. The summed E-state index contributed by atoms with van der Waals surface area (Å²) >= 11 is 0. The molecule has 1 aromatic rings. The minimum atomic E-state index is 0.398. The van der Waals surface area contributed by atoms with Crippen LogP contribution in [0.3, 0.4) is 0 Å². The molecule has 0 aromatic carbocycles. The summed E-state index contributed by atoms with van der Waals surface area (Å²) in [6.45, 7) is 6.94. The third-order valence-electron chi connectivity index (χ3n) is 4.19. The summed E-state index contributed by atoms with van der Waals surface area (Å²) in [5.41, 5.74) is 13.9. The highest BCUT2D eigenvalue weighted by molar-refractivity contribution is 5.56. The molecule has 0 aliphatic carbocycles. The third-order valence-corrected chi connectivity index (χ3v) is 4.19. The zero-order valence-electron chi connectivity index (χ0n) is 15.1. The quantitative estimate of drug-likeness (QED) is 0.501. The van der Waals surface area contributed by atoms with Crippen LogP contribution in [0.5, 0.6) is 0 Å². The third kappa shape index (κ3) is 7.93. The van der Waals surface area contributed by atoms with Gasteiger partial charge in [-0.2, -0.15) is 0 Å². The van der Waals surface area contributed by atoms with E-state index in [-0.39, 0.29) is 0 Å². The second-order valence-corrected chi connectivity index (χ2v) is 7.64. The lowest BCUT2D eigenvalue weighted by Crippen LogP contribution is -2.04. The van der Waals surface area contributed by atoms with Crippen molar-refractivity contribution >= 4 is 11.6 Å². The molecule has 0 bridgehead atoms. The first-order valence-corrected chi connectivity index (χ1v) is 8.85. The first-order valence-electron chi connectivity index (χ1n) is 8.85. The summed E-state index contributed by atoms with van der Waals surface area (Å²) in [5.74, 6) is 3.55. The highest BCUT2D eigenvalue weighted by Gasteiger charge is 2.09. The number of hydrogen-bond acceptors (Lipinski definition) is 3. The Bertz CT molecular complexity index is 521. The number of nitrogens with two attached hydrogens (primary N) is 2. The number of anilines is 2. The van der Waals surface area contributed by atoms with Crippen molar-refractivity contribution in [1.29, 1.82) is 0 Å². The van der Waals surface area contributed by atoms with Crippen molar-refractivity contribution in [2.45, 2.75) is 78.6 Å². The van der Waals surface area contributed by atoms with Gasteiger partial charge < -0.3 is 11.5 Å². The van der Waals surface area contributed by atoms with Crippen molar-refractivity contribution in [3.8, 4) is 12.3 Å². The van der Waals surface area contributed by atoms with Crippen molar-refractivity contribution in [3.05, 3.63) is 17.2 Å². The topological polar surface area (TPSA) is 64.9 Å². The van der Waals surface area contributed by atoms with E-state index in [4.69, 9.17) is 17.9 Å². The van der Waals surface area contributed by atoms with Crippen LogP contribution in [0.2, 0.25) is 0 Å². The van der Waals surface area contributed by atoms with E-state index < -0.39 is 0 Å². The molecule has 0 unspecified atom stereocenters. The van der Waals surface area contributed by atoms with Crippen LogP contribution < -0.4 is 11.5 Å². The van der Waals surface area contributed by atoms with E-state index in [1.165, 1.54) is 44.9 Å². The van der Waals surface area contributed by atoms with Gasteiger partial charge in [-0.1, -0.05) is 65.2 Å². The maximum absolute atomic E-state index is 5.94. The Morgan fingerprint density at radius 2 is 1.57 bits per heavy atom. The van der Waals surface area contributed by atoms with Gasteiger partial charge >= 0.3 is 0 Å². The summed E-state index contributed by atoms with van der Waals surface area (Å²) in [5, 5.41) is 0. The summed E-state index contributed by atoms with van der Waals surface area (Å²) in [7, 11) is 0. The number of unbranched alkanes of at least 4 members (excludes halogenated alkanes) is 6. The fraction of sp³-hybridized carbons (Fsp3) is 0.650. The highest BCUT2D eigenvalue weighted by Crippen LogP contribution is 2.23. The SMILES string of the molecule is C#Cc1cc(N)nc(N)c1CCCCCCCCCC(C)(C)C. The number of nitrogens with zero attached hydrogens (tertiary/aromatic N) is 1. The van der Waals surface area contributed by atoms with Gasteiger partial charge in [0.25, 0.3) is 0 Å². The number of rotatable bonds is 9. The van der Waals surface area contributed by atoms with Crippen molar-refractivity contribution < 1.29 is 0 Å². The van der Waals surface area contributed by atoms with Crippen LogP contribution in [0.1, 0.15) is 83.3 Å². The van der Waals surface area contributed by atoms with Crippen LogP contribution in [0.15, 0.2) is 6.07 Å². The van der Waals surface area contributed by atoms with Gasteiger partial charge in [0.2, 0.25) is 0 Å². The van der Waals surface area contributed by atoms with Crippen LogP contribution in [0, 0.1) is 17.8 Å². The van der Waals surface area contributed by atoms with Crippen LogP contribution in [-0.2, 0) is 6.42 Å². The molecule has 1 heterocycles. The molecule has 23 heavy (non-hydrogen) atoms.